The molecule has 1 aliphatic carbocycles. The average molecular weight is 430 g/mol. The van der Waals surface area contributed by atoms with Crippen LogP contribution in [0, 0.1) is 5.92 Å². The predicted molar refractivity (Wildman–Crippen MR) is 104 cm³/mol. The topological polar surface area (TPSA) is 60.5 Å². The number of ether oxygens (including phenoxy) is 2. The van der Waals surface area contributed by atoms with Crippen LogP contribution in [0.5, 0.6) is 5.75 Å². The lowest BCUT2D eigenvalue weighted by molar-refractivity contribution is -0.339. The number of alkyl halides is 3. The van der Waals surface area contributed by atoms with Gasteiger partial charge in [0.05, 0.1) is 28.4 Å². The van der Waals surface area contributed by atoms with Crippen LogP contribution in [0.15, 0.2) is 42.1 Å². The lowest BCUT2D eigenvalue weighted by Crippen LogP contribution is -2.52. The van der Waals surface area contributed by atoms with Gasteiger partial charge in [-0.25, -0.2) is 8.93 Å². The molecule has 160 valence electrons. The van der Waals surface area contributed by atoms with E-state index < -0.39 is 39.7 Å². The lowest BCUT2D eigenvalue weighted by Gasteiger charge is -2.42. The summed E-state index contributed by atoms with van der Waals surface area (Å²) in [6.45, 7) is 7.57. The molecule has 1 aromatic rings. The third-order valence-electron chi connectivity index (χ3n) is 4.92. The van der Waals surface area contributed by atoms with E-state index in [-0.39, 0.29) is 0 Å². The van der Waals surface area contributed by atoms with Crippen molar-refractivity contribution < 1.29 is 26.9 Å². The number of rotatable bonds is 4. The summed E-state index contributed by atoms with van der Waals surface area (Å²) in [6.07, 6.45) is 0.954. The van der Waals surface area contributed by atoms with E-state index in [0.29, 0.717) is 30.0 Å². The molecule has 0 spiro atoms. The van der Waals surface area contributed by atoms with Crippen LogP contribution in [0.1, 0.15) is 39.8 Å². The predicted octanol–water partition coefficient (Wildman–Crippen LogP) is 4.15. The molecule has 9 heteroatoms. The zero-order valence-corrected chi connectivity index (χ0v) is 17.6. The van der Waals surface area contributed by atoms with Crippen molar-refractivity contribution in [2.75, 3.05) is 6.61 Å². The van der Waals surface area contributed by atoms with Crippen molar-refractivity contribution in [3.8, 4) is 5.75 Å². The summed E-state index contributed by atoms with van der Waals surface area (Å²) in [6, 6.07) is 3.53. The van der Waals surface area contributed by atoms with Crippen molar-refractivity contribution in [1.82, 2.24) is 9.71 Å². The van der Waals surface area contributed by atoms with Crippen molar-refractivity contribution in [1.29, 1.82) is 0 Å². The van der Waals surface area contributed by atoms with Crippen LogP contribution in [0.2, 0.25) is 0 Å². The normalized spacial score (nSPS) is 28.3. The van der Waals surface area contributed by atoms with Crippen LogP contribution < -0.4 is 9.46 Å². The monoisotopic (exact) mass is 430 g/mol. The van der Waals surface area contributed by atoms with Gasteiger partial charge in [-0.15, -0.1) is 13.2 Å². The summed E-state index contributed by atoms with van der Waals surface area (Å²) in [4.78, 5) is 4.48. The summed E-state index contributed by atoms with van der Waals surface area (Å²) >= 11 is 0. The molecule has 4 atom stereocenters. The highest BCUT2D eigenvalue weighted by Gasteiger charge is 2.46. The van der Waals surface area contributed by atoms with Crippen LogP contribution in [0.25, 0.3) is 0 Å². The first-order chi connectivity index (χ1) is 13.4. The number of halogens is 3. The SMILES string of the molecule is CC1C=C(C2(NS(=O)C(C)(C)C)CCOc3cccnc32)C=CC1OC(F)(F)F. The maximum atomic E-state index is 13.0. The molecular formula is C20H25F3N2O3S. The first-order valence-electron chi connectivity index (χ1n) is 9.35. The molecule has 0 saturated heterocycles. The number of nitrogens with zero attached hydrogens (tertiary/aromatic N) is 1. The van der Waals surface area contributed by atoms with E-state index in [1.165, 1.54) is 6.08 Å². The molecule has 4 unspecified atom stereocenters. The fraction of sp³-hybridized carbons (Fsp3) is 0.550. The van der Waals surface area contributed by atoms with Gasteiger partial charge in [0.2, 0.25) is 0 Å². The maximum Gasteiger partial charge on any atom is 0.523 e. The smallest absolute Gasteiger partial charge is 0.491 e. The van der Waals surface area contributed by atoms with E-state index in [4.69, 9.17) is 4.74 Å². The Morgan fingerprint density at radius 3 is 2.69 bits per heavy atom. The van der Waals surface area contributed by atoms with Gasteiger partial charge in [0.15, 0.2) is 0 Å². The molecule has 0 aromatic carbocycles. The highest BCUT2D eigenvalue weighted by atomic mass is 32.2. The number of hydrogen-bond donors (Lipinski definition) is 1. The Balaban J connectivity index is 2.04. The average Bonchev–Trinajstić information content (AvgIpc) is 2.61. The first-order valence-corrected chi connectivity index (χ1v) is 10.5. The molecule has 3 rings (SSSR count). The van der Waals surface area contributed by atoms with Crippen molar-refractivity contribution in [2.24, 2.45) is 5.92 Å². The molecule has 1 N–H and O–H groups in total. The molecule has 0 fully saturated rings. The molecule has 1 aliphatic heterocycles. The second kappa shape index (κ2) is 7.85. The molecule has 2 aliphatic rings. The molecule has 0 amide bonds. The summed E-state index contributed by atoms with van der Waals surface area (Å²) in [7, 11) is -1.45. The maximum absolute atomic E-state index is 13.0. The standard InChI is InChI=1S/C20H25F3N2O3S/c1-13-12-14(7-8-15(13)28-20(21,22)23)19(25-29(26)18(2,3)4)9-11-27-16-6-5-10-24-17(16)19/h5-8,10,12-13,15,25H,9,11H2,1-4H3. The van der Waals surface area contributed by atoms with Gasteiger partial charge in [-0.2, -0.15) is 0 Å². The Kier molecular flexibility index (Phi) is 5.95. The van der Waals surface area contributed by atoms with Gasteiger partial charge in [-0.1, -0.05) is 25.2 Å². The molecule has 29 heavy (non-hydrogen) atoms. The Hall–Kier alpha value is -1.71. The number of fused-ring (bicyclic) bond motifs is 1. The summed E-state index contributed by atoms with van der Waals surface area (Å²) < 4.78 is 63.7. The van der Waals surface area contributed by atoms with E-state index in [2.05, 4.69) is 14.4 Å². The Morgan fingerprint density at radius 1 is 1.34 bits per heavy atom. The summed E-state index contributed by atoms with van der Waals surface area (Å²) in [5.74, 6) is 0.0288. The molecule has 0 bridgehead atoms. The summed E-state index contributed by atoms with van der Waals surface area (Å²) in [5, 5.41) is 0. The van der Waals surface area contributed by atoms with Gasteiger partial charge >= 0.3 is 6.36 Å². The van der Waals surface area contributed by atoms with Gasteiger partial charge in [0.25, 0.3) is 0 Å². The first kappa shape index (κ1) is 22.0. The van der Waals surface area contributed by atoms with Gasteiger partial charge in [0, 0.05) is 18.5 Å². The number of pyridine rings is 1. The second-order valence-electron chi connectivity index (χ2n) is 8.21. The van der Waals surface area contributed by atoms with E-state index in [1.807, 2.05) is 20.8 Å². The zero-order valence-electron chi connectivity index (χ0n) is 16.7. The fourth-order valence-electron chi connectivity index (χ4n) is 3.40. The van der Waals surface area contributed by atoms with Gasteiger partial charge in [-0.3, -0.25) is 9.72 Å². The number of nitrogens with one attached hydrogen (secondary N) is 1. The molecule has 2 heterocycles. The summed E-state index contributed by atoms with van der Waals surface area (Å²) in [5.41, 5.74) is 0.330. The minimum absolute atomic E-state index is 0.356. The minimum Gasteiger partial charge on any atom is -0.491 e. The van der Waals surface area contributed by atoms with Gasteiger partial charge < -0.3 is 4.74 Å². The van der Waals surface area contributed by atoms with E-state index in [0.717, 1.165) is 0 Å². The molecule has 1 aromatic heterocycles. The fourth-order valence-corrected chi connectivity index (χ4v) is 4.34. The number of aromatic nitrogens is 1. The van der Waals surface area contributed by atoms with Gasteiger partial charge in [-0.05, 0) is 38.5 Å². The highest BCUT2D eigenvalue weighted by Crippen LogP contribution is 2.44. The second-order valence-corrected chi connectivity index (χ2v) is 10.2. The third kappa shape index (κ3) is 4.73. The highest BCUT2D eigenvalue weighted by molar-refractivity contribution is 7.84. The van der Waals surface area contributed by atoms with Crippen molar-refractivity contribution in [3.05, 3.63) is 47.8 Å². The van der Waals surface area contributed by atoms with Gasteiger partial charge in [0.1, 0.15) is 17.0 Å². The van der Waals surface area contributed by atoms with E-state index in [9.17, 15) is 17.4 Å². The largest absolute Gasteiger partial charge is 0.523 e. The molecular weight excluding hydrogens is 405 g/mol. The van der Waals surface area contributed by atoms with Crippen LogP contribution in [-0.4, -0.2) is 33.0 Å². The molecule has 5 nitrogen and oxygen atoms in total. The van der Waals surface area contributed by atoms with Crippen LogP contribution in [0.4, 0.5) is 13.2 Å². The van der Waals surface area contributed by atoms with Crippen LogP contribution in [0.3, 0.4) is 0 Å². The Morgan fingerprint density at radius 2 is 2.07 bits per heavy atom. The van der Waals surface area contributed by atoms with Crippen molar-refractivity contribution >= 4 is 11.0 Å². The van der Waals surface area contributed by atoms with E-state index >= 15 is 0 Å². The Labute approximate surface area is 171 Å². The quantitative estimate of drug-likeness (QED) is 0.780. The lowest BCUT2D eigenvalue weighted by atomic mass is 9.78. The van der Waals surface area contributed by atoms with Crippen LogP contribution in [-0.2, 0) is 21.3 Å². The van der Waals surface area contributed by atoms with E-state index in [1.54, 1.807) is 37.4 Å². The van der Waals surface area contributed by atoms with Crippen molar-refractivity contribution in [2.45, 2.75) is 56.9 Å². The third-order valence-corrected chi connectivity index (χ3v) is 6.57. The molecule has 0 radical (unpaired) electrons. The zero-order chi connectivity index (χ0) is 21.4. The Bertz CT molecular complexity index is 848. The molecule has 0 saturated carbocycles. The van der Waals surface area contributed by atoms with Crippen LogP contribution >= 0.6 is 0 Å². The van der Waals surface area contributed by atoms with Crippen molar-refractivity contribution in [3.63, 3.8) is 0 Å². The number of hydrogen-bond acceptors (Lipinski definition) is 4. The minimum atomic E-state index is -4.72.